The Bertz CT molecular complexity index is 331. The Kier molecular flexibility index (Phi) is 2.78. The lowest BCUT2D eigenvalue weighted by atomic mass is 10.1. The van der Waals surface area contributed by atoms with Crippen molar-refractivity contribution in [1.82, 2.24) is 10.2 Å². The highest BCUT2D eigenvalue weighted by molar-refractivity contribution is 5.23. The zero-order chi connectivity index (χ0) is 10.9. The Morgan fingerprint density at radius 2 is 1.79 bits per heavy atom. The van der Waals surface area contributed by atoms with Gasteiger partial charge in [-0.1, -0.05) is 13.8 Å². The Labute approximate surface area is 80.2 Å². The molecule has 0 N–H and O–H groups in total. The highest BCUT2D eigenvalue weighted by Gasteiger charge is 2.33. The fourth-order valence-electron chi connectivity index (χ4n) is 1.20. The SMILES string of the molecule is Cc1cc(C(F)(F)F)nnc1C(C)C. The summed E-state index contributed by atoms with van der Waals surface area (Å²) in [5.41, 5.74) is 0.208. The summed E-state index contributed by atoms with van der Waals surface area (Å²) in [6, 6.07) is 1.03. The predicted octanol–water partition coefficient (Wildman–Crippen LogP) is 2.93. The topological polar surface area (TPSA) is 25.8 Å². The number of nitrogens with zero attached hydrogens (tertiary/aromatic N) is 2. The Balaban J connectivity index is 3.13. The molecule has 0 bridgehead atoms. The van der Waals surface area contributed by atoms with Crippen LogP contribution in [0.4, 0.5) is 13.2 Å². The molecule has 0 radical (unpaired) electrons. The summed E-state index contributed by atoms with van der Waals surface area (Å²) >= 11 is 0. The molecular formula is C9H11F3N2. The highest BCUT2D eigenvalue weighted by atomic mass is 19.4. The predicted molar refractivity (Wildman–Crippen MR) is 45.9 cm³/mol. The minimum absolute atomic E-state index is 0.0878. The van der Waals surface area contributed by atoms with Gasteiger partial charge in [-0.15, -0.1) is 5.10 Å². The molecule has 0 aromatic carbocycles. The van der Waals surface area contributed by atoms with Crippen LogP contribution >= 0.6 is 0 Å². The van der Waals surface area contributed by atoms with Gasteiger partial charge < -0.3 is 0 Å². The van der Waals surface area contributed by atoms with Crippen LogP contribution in [0.25, 0.3) is 0 Å². The molecule has 0 aliphatic rings. The molecule has 1 heterocycles. The molecule has 0 unspecified atom stereocenters. The molecule has 14 heavy (non-hydrogen) atoms. The van der Waals surface area contributed by atoms with Gasteiger partial charge in [-0.2, -0.15) is 18.3 Å². The summed E-state index contributed by atoms with van der Waals surface area (Å²) in [7, 11) is 0. The third kappa shape index (κ3) is 2.21. The first kappa shape index (κ1) is 10.9. The van der Waals surface area contributed by atoms with E-state index in [0.717, 1.165) is 6.07 Å². The summed E-state index contributed by atoms with van der Waals surface area (Å²) < 4.78 is 36.6. The molecule has 0 aliphatic heterocycles. The third-order valence-electron chi connectivity index (χ3n) is 1.86. The monoisotopic (exact) mass is 204 g/mol. The normalized spacial score (nSPS) is 12.2. The van der Waals surface area contributed by atoms with Crippen LogP contribution in [0.5, 0.6) is 0 Å². The molecular weight excluding hydrogens is 193 g/mol. The first-order valence-corrected chi connectivity index (χ1v) is 4.23. The van der Waals surface area contributed by atoms with Gasteiger partial charge in [-0.25, -0.2) is 0 Å². The van der Waals surface area contributed by atoms with Crippen molar-refractivity contribution in [3.05, 3.63) is 23.0 Å². The molecule has 1 aromatic heterocycles. The lowest BCUT2D eigenvalue weighted by Gasteiger charge is -2.10. The van der Waals surface area contributed by atoms with Gasteiger partial charge >= 0.3 is 6.18 Å². The van der Waals surface area contributed by atoms with E-state index in [4.69, 9.17) is 0 Å². The molecule has 1 aromatic rings. The maximum Gasteiger partial charge on any atom is 0.435 e. The van der Waals surface area contributed by atoms with Gasteiger partial charge in [0.2, 0.25) is 0 Å². The van der Waals surface area contributed by atoms with E-state index >= 15 is 0 Å². The molecule has 0 aliphatic carbocycles. The quantitative estimate of drug-likeness (QED) is 0.702. The Morgan fingerprint density at radius 3 is 2.14 bits per heavy atom. The molecule has 1 rings (SSSR count). The van der Waals surface area contributed by atoms with Crippen LogP contribution in [0.2, 0.25) is 0 Å². The van der Waals surface area contributed by atoms with Gasteiger partial charge in [0, 0.05) is 0 Å². The van der Waals surface area contributed by atoms with Gasteiger partial charge in [-0.05, 0) is 24.5 Å². The van der Waals surface area contributed by atoms with E-state index in [0.29, 0.717) is 11.3 Å². The maximum absolute atomic E-state index is 12.2. The van der Waals surface area contributed by atoms with Crippen molar-refractivity contribution in [2.45, 2.75) is 32.9 Å². The van der Waals surface area contributed by atoms with Crippen LogP contribution in [0.15, 0.2) is 6.07 Å². The lowest BCUT2D eigenvalue weighted by molar-refractivity contribution is -0.141. The second-order valence-corrected chi connectivity index (χ2v) is 3.45. The van der Waals surface area contributed by atoms with E-state index in [1.165, 1.54) is 0 Å². The van der Waals surface area contributed by atoms with Crippen LogP contribution in [0, 0.1) is 6.92 Å². The lowest BCUT2D eigenvalue weighted by Crippen LogP contribution is -2.11. The largest absolute Gasteiger partial charge is 0.435 e. The molecule has 5 heteroatoms. The van der Waals surface area contributed by atoms with Crippen molar-refractivity contribution in [3.8, 4) is 0 Å². The average Bonchev–Trinajstić information content (AvgIpc) is 2.01. The standard InChI is InChI=1S/C9H11F3N2/c1-5(2)8-6(3)4-7(13-14-8)9(10,11)12/h4-5H,1-3H3. The van der Waals surface area contributed by atoms with Gasteiger partial charge in [0.05, 0.1) is 5.69 Å². The average molecular weight is 204 g/mol. The van der Waals surface area contributed by atoms with Crippen LogP contribution in [0.1, 0.15) is 36.7 Å². The number of rotatable bonds is 1. The molecule has 0 saturated heterocycles. The van der Waals surface area contributed by atoms with Gasteiger partial charge in [0.1, 0.15) is 0 Å². The Hall–Kier alpha value is -1.13. The van der Waals surface area contributed by atoms with Crippen molar-refractivity contribution in [2.24, 2.45) is 0 Å². The van der Waals surface area contributed by atoms with E-state index in [9.17, 15) is 13.2 Å². The number of hydrogen-bond donors (Lipinski definition) is 0. The summed E-state index contributed by atoms with van der Waals surface area (Å²) in [6.45, 7) is 5.34. The molecule has 78 valence electrons. The van der Waals surface area contributed by atoms with Crippen molar-refractivity contribution < 1.29 is 13.2 Å². The smallest absolute Gasteiger partial charge is 0.164 e. The van der Waals surface area contributed by atoms with Crippen molar-refractivity contribution >= 4 is 0 Å². The van der Waals surface area contributed by atoms with Crippen LogP contribution in [-0.2, 0) is 6.18 Å². The molecule has 2 nitrogen and oxygen atoms in total. The van der Waals surface area contributed by atoms with E-state index in [1.54, 1.807) is 6.92 Å². The van der Waals surface area contributed by atoms with Gasteiger partial charge in [-0.3, -0.25) is 0 Å². The first-order chi connectivity index (χ1) is 6.32. The van der Waals surface area contributed by atoms with Gasteiger partial charge in [0.15, 0.2) is 5.69 Å². The fraction of sp³-hybridized carbons (Fsp3) is 0.556. The molecule has 0 atom stereocenters. The molecule has 0 spiro atoms. The fourth-order valence-corrected chi connectivity index (χ4v) is 1.20. The minimum atomic E-state index is -4.41. The zero-order valence-electron chi connectivity index (χ0n) is 8.18. The van der Waals surface area contributed by atoms with E-state index < -0.39 is 11.9 Å². The van der Waals surface area contributed by atoms with Crippen molar-refractivity contribution in [3.63, 3.8) is 0 Å². The van der Waals surface area contributed by atoms with Gasteiger partial charge in [0.25, 0.3) is 0 Å². The number of halogens is 3. The van der Waals surface area contributed by atoms with Crippen LogP contribution < -0.4 is 0 Å². The van der Waals surface area contributed by atoms with E-state index in [-0.39, 0.29) is 5.92 Å². The summed E-state index contributed by atoms with van der Waals surface area (Å²) in [5, 5.41) is 6.73. The second kappa shape index (κ2) is 3.55. The summed E-state index contributed by atoms with van der Waals surface area (Å²) in [5.74, 6) is 0.0878. The number of alkyl halides is 3. The van der Waals surface area contributed by atoms with Crippen LogP contribution in [0.3, 0.4) is 0 Å². The third-order valence-corrected chi connectivity index (χ3v) is 1.86. The van der Waals surface area contributed by atoms with Crippen molar-refractivity contribution in [2.75, 3.05) is 0 Å². The summed E-state index contributed by atoms with van der Waals surface area (Å²) in [6.07, 6.45) is -4.41. The molecule has 0 amide bonds. The number of aromatic nitrogens is 2. The zero-order valence-corrected chi connectivity index (χ0v) is 8.18. The first-order valence-electron chi connectivity index (χ1n) is 4.23. The van der Waals surface area contributed by atoms with Crippen molar-refractivity contribution in [1.29, 1.82) is 0 Å². The molecule has 0 saturated carbocycles. The number of hydrogen-bond acceptors (Lipinski definition) is 2. The maximum atomic E-state index is 12.2. The molecule has 0 fully saturated rings. The Morgan fingerprint density at radius 1 is 1.21 bits per heavy atom. The summed E-state index contributed by atoms with van der Waals surface area (Å²) in [4.78, 5) is 0. The van der Waals surface area contributed by atoms with E-state index in [2.05, 4.69) is 10.2 Å². The number of aryl methyl sites for hydroxylation is 1. The highest BCUT2D eigenvalue weighted by Crippen LogP contribution is 2.28. The van der Waals surface area contributed by atoms with Crippen LogP contribution in [-0.4, -0.2) is 10.2 Å². The van der Waals surface area contributed by atoms with E-state index in [1.807, 2.05) is 13.8 Å². The second-order valence-electron chi connectivity index (χ2n) is 3.45. The minimum Gasteiger partial charge on any atom is -0.164 e.